The zero-order chi connectivity index (χ0) is 21.9. The first-order valence-corrected chi connectivity index (χ1v) is 12.4. The summed E-state index contributed by atoms with van der Waals surface area (Å²) in [5.41, 5.74) is 2.01. The van der Waals surface area contributed by atoms with E-state index in [1.807, 2.05) is 24.3 Å². The third-order valence-electron chi connectivity index (χ3n) is 6.00. The first kappa shape index (κ1) is 21.1. The smallest absolute Gasteiger partial charge is 0.287 e. The van der Waals surface area contributed by atoms with Crippen molar-refractivity contribution in [2.75, 3.05) is 11.4 Å². The second-order valence-electron chi connectivity index (χ2n) is 8.60. The number of amides is 1. The van der Waals surface area contributed by atoms with Crippen LogP contribution in [-0.2, 0) is 5.75 Å². The highest BCUT2D eigenvalue weighted by Gasteiger charge is 2.25. The van der Waals surface area contributed by atoms with Gasteiger partial charge in [0.25, 0.3) is 5.91 Å². The van der Waals surface area contributed by atoms with Gasteiger partial charge in [-0.15, -0.1) is 0 Å². The van der Waals surface area contributed by atoms with Gasteiger partial charge in [-0.05, 0) is 51.2 Å². The van der Waals surface area contributed by atoms with Crippen LogP contribution < -0.4 is 10.2 Å². The summed E-state index contributed by atoms with van der Waals surface area (Å²) in [5, 5.41) is 3.68. The molecule has 5 rings (SSSR count). The number of anilines is 1. The van der Waals surface area contributed by atoms with Crippen molar-refractivity contribution in [2.45, 2.75) is 62.0 Å². The fourth-order valence-electron chi connectivity index (χ4n) is 4.02. The number of carbonyl (C=O) groups excluding carboxylic acids is 1. The van der Waals surface area contributed by atoms with Crippen LogP contribution in [-0.4, -0.2) is 34.5 Å². The summed E-state index contributed by atoms with van der Waals surface area (Å²) >= 11 is 1.54. The second-order valence-corrected chi connectivity index (χ2v) is 9.54. The predicted molar refractivity (Wildman–Crippen MR) is 127 cm³/mol. The van der Waals surface area contributed by atoms with Crippen LogP contribution in [0.1, 0.15) is 55.3 Å². The monoisotopic (exact) mass is 448 g/mol. The van der Waals surface area contributed by atoms with Crippen molar-refractivity contribution in [2.24, 2.45) is 0 Å². The van der Waals surface area contributed by atoms with E-state index in [1.54, 1.807) is 6.07 Å². The molecule has 1 saturated heterocycles. The van der Waals surface area contributed by atoms with Gasteiger partial charge in [-0.3, -0.25) is 4.79 Å². The normalized spacial score (nSPS) is 18.5. The Kier molecular flexibility index (Phi) is 6.17. The minimum absolute atomic E-state index is 0.132. The number of aromatic nitrogens is 2. The number of furan rings is 1. The quantitative estimate of drug-likeness (QED) is 0.391. The van der Waals surface area contributed by atoms with Crippen LogP contribution in [0.4, 0.5) is 5.82 Å². The molecule has 3 aromatic rings. The number of rotatable bonds is 7. The maximum atomic E-state index is 12.2. The molecule has 1 unspecified atom stereocenters. The van der Waals surface area contributed by atoms with Gasteiger partial charge in [0.2, 0.25) is 0 Å². The maximum absolute atomic E-state index is 12.2. The summed E-state index contributed by atoms with van der Waals surface area (Å²) < 4.78 is 5.78. The maximum Gasteiger partial charge on any atom is 0.287 e. The largest absolute Gasteiger partial charge is 0.455 e. The molecule has 6 nitrogen and oxygen atoms in total. The fraction of sp³-hybridized carbons (Fsp3) is 0.400. The van der Waals surface area contributed by atoms with E-state index in [0.29, 0.717) is 23.6 Å². The van der Waals surface area contributed by atoms with Gasteiger partial charge in [-0.25, -0.2) is 9.97 Å². The van der Waals surface area contributed by atoms with E-state index in [9.17, 15) is 4.79 Å². The summed E-state index contributed by atoms with van der Waals surface area (Å²) in [6.07, 6.45) is 5.76. The molecular formula is C25H28N4O2S. The Morgan fingerprint density at radius 2 is 1.97 bits per heavy atom. The Labute approximate surface area is 192 Å². The number of thioether (sulfide) groups is 1. The lowest BCUT2D eigenvalue weighted by molar-refractivity contribution is 0.0922. The molecule has 1 aromatic carbocycles. The van der Waals surface area contributed by atoms with Gasteiger partial charge in [0.1, 0.15) is 11.6 Å². The van der Waals surface area contributed by atoms with E-state index in [4.69, 9.17) is 14.4 Å². The Morgan fingerprint density at radius 3 is 2.75 bits per heavy atom. The van der Waals surface area contributed by atoms with Crippen LogP contribution in [0.5, 0.6) is 0 Å². The molecule has 7 heteroatoms. The summed E-state index contributed by atoms with van der Waals surface area (Å²) in [5.74, 6) is 2.54. The molecule has 2 aromatic heterocycles. The Balaban J connectivity index is 1.36. The van der Waals surface area contributed by atoms with E-state index in [0.717, 1.165) is 47.4 Å². The van der Waals surface area contributed by atoms with E-state index < -0.39 is 0 Å². The molecule has 1 atom stereocenters. The van der Waals surface area contributed by atoms with Gasteiger partial charge in [0, 0.05) is 30.3 Å². The summed E-state index contributed by atoms with van der Waals surface area (Å²) in [7, 11) is 0. The Morgan fingerprint density at radius 1 is 1.12 bits per heavy atom. The molecule has 1 saturated carbocycles. The average molecular weight is 449 g/mol. The van der Waals surface area contributed by atoms with E-state index >= 15 is 0 Å². The molecule has 0 radical (unpaired) electrons. The lowest BCUT2D eigenvalue weighted by atomic mass is 10.0. The fourth-order valence-corrected chi connectivity index (χ4v) is 4.76. The van der Waals surface area contributed by atoms with Crippen molar-refractivity contribution >= 4 is 23.5 Å². The Bertz CT molecular complexity index is 1080. The first-order chi connectivity index (χ1) is 15.7. The van der Waals surface area contributed by atoms with Crippen molar-refractivity contribution in [3.05, 3.63) is 60.1 Å². The third-order valence-corrected chi connectivity index (χ3v) is 6.87. The van der Waals surface area contributed by atoms with Crippen LogP contribution in [0.2, 0.25) is 0 Å². The second kappa shape index (κ2) is 9.36. The molecule has 1 aliphatic carbocycles. The number of benzene rings is 1. The van der Waals surface area contributed by atoms with Crippen molar-refractivity contribution in [1.82, 2.24) is 15.3 Å². The van der Waals surface area contributed by atoms with Crippen molar-refractivity contribution in [1.29, 1.82) is 0 Å². The summed E-state index contributed by atoms with van der Waals surface area (Å²) in [6, 6.07) is 16.7. The van der Waals surface area contributed by atoms with E-state index in [2.05, 4.69) is 35.3 Å². The third kappa shape index (κ3) is 4.99. The molecule has 1 N–H and O–H groups in total. The lowest BCUT2D eigenvalue weighted by Gasteiger charge is -2.34. The average Bonchev–Trinajstić information content (AvgIpc) is 3.51. The zero-order valence-corrected chi connectivity index (χ0v) is 19.1. The number of hydrogen-bond donors (Lipinski definition) is 1. The number of nitrogens with zero attached hydrogens (tertiary/aromatic N) is 3. The van der Waals surface area contributed by atoms with E-state index in [1.165, 1.54) is 31.0 Å². The van der Waals surface area contributed by atoms with Gasteiger partial charge < -0.3 is 14.6 Å². The molecule has 3 heterocycles. The molecular weight excluding hydrogens is 420 g/mol. The van der Waals surface area contributed by atoms with Crippen LogP contribution in [0.3, 0.4) is 0 Å². The standard InChI is InChI=1S/C25H28N4O2S/c1-17-7-5-6-14-29(17)23-15-21(18-8-3-2-4-9-18)27-25(28-23)32-16-20-12-13-22(31-20)24(30)26-19-10-11-19/h2-4,8-9,12-13,15,17,19H,5-7,10-11,14,16H2,1H3,(H,26,30). The molecule has 2 fully saturated rings. The van der Waals surface area contributed by atoms with Crippen molar-refractivity contribution in [3.8, 4) is 11.3 Å². The lowest BCUT2D eigenvalue weighted by Crippen LogP contribution is -2.38. The molecule has 1 aliphatic heterocycles. The minimum Gasteiger partial charge on any atom is -0.455 e. The highest BCUT2D eigenvalue weighted by Crippen LogP contribution is 2.30. The number of piperidine rings is 1. The highest BCUT2D eigenvalue weighted by atomic mass is 32.2. The van der Waals surface area contributed by atoms with Gasteiger partial charge in [0.05, 0.1) is 11.4 Å². The van der Waals surface area contributed by atoms with Crippen LogP contribution in [0.25, 0.3) is 11.3 Å². The Hall–Kier alpha value is -2.80. The van der Waals surface area contributed by atoms with Crippen molar-refractivity contribution < 1.29 is 9.21 Å². The number of nitrogens with one attached hydrogen (secondary N) is 1. The first-order valence-electron chi connectivity index (χ1n) is 11.4. The van der Waals surface area contributed by atoms with Crippen molar-refractivity contribution in [3.63, 3.8) is 0 Å². The van der Waals surface area contributed by atoms with Gasteiger partial charge >= 0.3 is 0 Å². The topological polar surface area (TPSA) is 71.3 Å². The molecule has 32 heavy (non-hydrogen) atoms. The molecule has 2 aliphatic rings. The summed E-state index contributed by atoms with van der Waals surface area (Å²) in [4.78, 5) is 24.3. The van der Waals surface area contributed by atoms with E-state index in [-0.39, 0.29) is 5.91 Å². The predicted octanol–water partition coefficient (Wildman–Crippen LogP) is 5.30. The van der Waals surface area contributed by atoms with Crippen LogP contribution in [0.15, 0.2) is 58.1 Å². The SMILES string of the molecule is CC1CCCCN1c1cc(-c2ccccc2)nc(SCc2ccc(C(=O)NC3CC3)o2)n1. The van der Waals surface area contributed by atoms with Crippen LogP contribution >= 0.6 is 11.8 Å². The molecule has 0 spiro atoms. The zero-order valence-electron chi connectivity index (χ0n) is 18.3. The number of hydrogen-bond acceptors (Lipinski definition) is 6. The summed E-state index contributed by atoms with van der Waals surface area (Å²) in [6.45, 7) is 3.29. The number of carbonyl (C=O) groups is 1. The molecule has 0 bridgehead atoms. The van der Waals surface area contributed by atoms with Gasteiger partial charge in [0.15, 0.2) is 10.9 Å². The van der Waals surface area contributed by atoms with Gasteiger partial charge in [-0.1, -0.05) is 42.1 Å². The molecule has 166 valence electrons. The minimum atomic E-state index is -0.132. The highest BCUT2D eigenvalue weighted by molar-refractivity contribution is 7.98. The molecule has 1 amide bonds. The van der Waals surface area contributed by atoms with Crippen LogP contribution in [0, 0.1) is 0 Å². The van der Waals surface area contributed by atoms with Gasteiger partial charge in [-0.2, -0.15) is 0 Å².